The van der Waals surface area contributed by atoms with Gasteiger partial charge < -0.3 is 10.6 Å². The fourth-order valence-corrected chi connectivity index (χ4v) is 2.11. The molecule has 1 unspecified atom stereocenters. The first-order valence-electron chi connectivity index (χ1n) is 7.22. The lowest BCUT2D eigenvalue weighted by molar-refractivity contribution is 0.251. The SMILES string of the molecule is CCCCc1ccc(NC(=O)NCCCOS(C)=O)cc1. The lowest BCUT2D eigenvalue weighted by Crippen LogP contribution is -2.30. The monoisotopic (exact) mass is 312 g/mol. The van der Waals surface area contributed by atoms with Crippen LogP contribution < -0.4 is 10.6 Å². The van der Waals surface area contributed by atoms with Gasteiger partial charge in [0, 0.05) is 18.5 Å². The Balaban J connectivity index is 2.23. The van der Waals surface area contributed by atoms with Crippen LogP contribution in [-0.2, 0) is 21.7 Å². The van der Waals surface area contributed by atoms with Gasteiger partial charge in [-0.15, -0.1) is 0 Å². The van der Waals surface area contributed by atoms with Crippen molar-refractivity contribution in [1.29, 1.82) is 0 Å². The van der Waals surface area contributed by atoms with Crippen LogP contribution in [0.1, 0.15) is 31.7 Å². The molecule has 0 heterocycles. The van der Waals surface area contributed by atoms with Gasteiger partial charge in [-0.3, -0.25) is 4.18 Å². The van der Waals surface area contributed by atoms with Crippen molar-refractivity contribution in [2.75, 3.05) is 24.7 Å². The van der Waals surface area contributed by atoms with Crippen LogP contribution in [0.2, 0.25) is 0 Å². The number of unbranched alkanes of at least 4 members (excludes halogenated alkanes) is 1. The van der Waals surface area contributed by atoms with Gasteiger partial charge in [0.1, 0.15) is 0 Å². The first-order valence-corrected chi connectivity index (χ1v) is 8.70. The van der Waals surface area contributed by atoms with Crippen molar-refractivity contribution in [2.24, 2.45) is 0 Å². The van der Waals surface area contributed by atoms with Gasteiger partial charge in [-0.25, -0.2) is 9.00 Å². The Morgan fingerprint density at radius 2 is 1.95 bits per heavy atom. The zero-order valence-corrected chi connectivity index (χ0v) is 13.5. The summed E-state index contributed by atoms with van der Waals surface area (Å²) >= 11 is -1.24. The Kier molecular flexibility index (Phi) is 8.69. The molecule has 21 heavy (non-hydrogen) atoms. The van der Waals surface area contributed by atoms with Crippen molar-refractivity contribution in [2.45, 2.75) is 32.6 Å². The Hall–Kier alpha value is -1.40. The molecule has 0 aliphatic heterocycles. The summed E-state index contributed by atoms with van der Waals surface area (Å²) in [5, 5.41) is 5.50. The zero-order chi connectivity index (χ0) is 15.5. The van der Waals surface area contributed by atoms with E-state index in [1.54, 1.807) is 0 Å². The number of hydrogen-bond acceptors (Lipinski definition) is 3. The maximum absolute atomic E-state index is 11.6. The predicted molar refractivity (Wildman–Crippen MR) is 86.7 cm³/mol. The molecule has 0 radical (unpaired) electrons. The van der Waals surface area contributed by atoms with E-state index < -0.39 is 11.1 Å². The summed E-state index contributed by atoms with van der Waals surface area (Å²) in [6.07, 6.45) is 5.53. The predicted octanol–water partition coefficient (Wildman–Crippen LogP) is 2.85. The van der Waals surface area contributed by atoms with Gasteiger partial charge >= 0.3 is 6.03 Å². The Labute approximate surface area is 129 Å². The van der Waals surface area contributed by atoms with E-state index in [4.69, 9.17) is 4.18 Å². The Morgan fingerprint density at radius 3 is 2.57 bits per heavy atom. The molecule has 1 atom stereocenters. The van der Waals surface area contributed by atoms with Crippen LogP contribution in [0.25, 0.3) is 0 Å². The Bertz CT molecular complexity index is 449. The molecular formula is C15H24N2O3S. The smallest absolute Gasteiger partial charge is 0.319 e. The van der Waals surface area contributed by atoms with Gasteiger partial charge in [-0.1, -0.05) is 25.5 Å². The second-order valence-corrected chi connectivity index (χ2v) is 5.80. The van der Waals surface area contributed by atoms with E-state index in [0.717, 1.165) is 12.1 Å². The molecule has 2 amide bonds. The van der Waals surface area contributed by atoms with Crippen LogP contribution in [0, 0.1) is 0 Å². The minimum absolute atomic E-state index is 0.242. The molecule has 0 saturated heterocycles. The molecule has 0 spiro atoms. The van der Waals surface area contributed by atoms with Crippen LogP contribution in [0.5, 0.6) is 0 Å². The van der Waals surface area contributed by atoms with Gasteiger partial charge in [-0.2, -0.15) is 0 Å². The maximum atomic E-state index is 11.6. The van der Waals surface area contributed by atoms with E-state index in [-0.39, 0.29) is 6.03 Å². The molecule has 0 fully saturated rings. The third kappa shape index (κ3) is 8.47. The largest absolute Gasteiger partial charge is 0.338 e. The van der Waals surface area contributed by atoms with Crippen molar-refractivity contribution in [3.63, 3.8) is 0 Å². The van der Waals surface area contributed by atoms with Crippen LogP contribution in [-0.4, -0.2) is 29.6 Å². The summed E-state index contributed by atoms with van der Waals surface area (Å²) in [6, 6.07) is 7.65. The summed E-state index contributed by atoms with van der Waals surface area (Å²) in [6.45, 7) is 3.02. The van der Waals surface area contributed by atoms with E-state index in [0.29, 0.717) is 19.6 Å². The summed E-state index contributed by atoms with van der Waals surface area (Å²) in [5.74, 6) is 0. The van der Waals surface area contributed by atoms with Gasteiger partial charge in [-0.05, 0) is 37.0 Å². The molecule has 0 aromatic heterocycles. The van der Waals surface area contributed by atoms with E-state index in [9.17, 15) is 9.00 Å². The number of nitrogens with one attached hydrogen (secondary N) is 2. The third-order valence-electron chi connectivity index (χ3n) is 2.89. The van der Waals surface area contributed by atoms with Crippen LogP contribution >= 0.6 is 0 Å². The molecule has 1 rings (SSSR count). The molecule has 0 aliphatic rings. The van der Waals surface area contributed by atoms with E-state index in [2.05, 4.69) is 17.6 Å². The Morgan fingerprint density at radius 1 is 1.24 bits per heavy atom. The first-order chi connectivity index (χ1) is 10.1. The number of benzene rings is 1. The number of rotatable bonds is 9. The second-order valence-electron chi connectivity index (χ2n) is 4.76. The fourth-order valence-electron chi connectivity index (χ4n) is 1.76. The van der Waals surface area contributed by atoms with E-state index in [1.165, 1.54) is 24.7 Å². The summed E-state index contributed by atoms with van der Waals surface area (Å²) in [4.78, 5) is 11.6. The molecule has 118 valence electrons. The van der Waals surface area contributed by atoms with Crippen molar-refractivity contribution in [3.8, 4) is 0 Å². The van der Waals surface area contributed by atoms with Gasteiger partial charge in [0.05, 0.1) is 6.61 Å². The van der Waals surface area contributed by atoms with E-state index in [1.807, 2.05) is 24.3 Å². The molecule has 5 nitrogen and oxygen atoms in total. The number of aryl methyl sites for hydroxylation is 1. The number of hydrogen-bond donors (Lipinski definition) is 2. The average molecular weight is 312 g/mol. The zero-order valence-electron chi connectivity index (χ0n) is 12.7. The van der Waals surface area contributed by atoms with Crippen molar-refractivity contribution >= 4 is 22.8 Å². The molecule has 1 aromatic carbocycles. The molecule has 0 saturated carbocycles. The third-order valence-corrected chi connectivity index (χ3v) is 3.39. The topological polar surface area (TPSA) is 67.4 Å². The lowest BCUT2D eigenvalue weighted by atomic mass is 10.1. The average Bonchev–Trinajstić information content (AvgIpc) is 2.46. The van der Waals surface area contributed by atoms with Crippen molar-refractivity contribution in [1.82, 2.24) is 5.32 Å². The highest BCUT2D eigenvalue weighted by molar-refractivity contribution is 7.79. The van der Waals surface area contributed by atoms with Crippen molar-refractivity contribution < 1.29 is 13.2 Å². The van der Waals surface area contributed by atoms with E-state index >= 15 is 0 Å². The van der Waals surface area contributed by atoms with Gasteiger partial charge in [0.25, 0.3) is 0 Å². The molecular weight excluding hydrogens is 288 g/mol. The summed E-state index contributed by atoms with van der Waals surface area (Å²) in [5.41, 5.74) is 2.06. The number of carbonyl (C=O) groups excluding carboxylic acids is 1. The van der Waals surface area contributed by atoms with Crippen LogP contribution in [0.15, 0.2) is 24.3 Å². The normalized spacial score (nSPS) is 11.9. The molecule has 0 aliphatic carbocycles. The van der Waals surface area contributed by atoms with Crippen molar-refractivity contribution in [3.05, 3.63) is 29.8 Å². The highest BCUT2D eigenvalue weighted by atomic mass is 32.2. The second kappa shape index (κ2) is 10.3. The number of carbonyl (C=O) groups is 1. The van der Waals surface area contributed by atoms with Crippen LogP contribution in [0.3, 0.4) is 0 Å². The summed E-state index contributed by atoms with van der Waals surface area (Å²) in [7, 11) is 0. The number of urea groups is 1. The summed E-state index contributed by atoms with van der Waals surface area (Å²) < 4.78 is 15.6. The fraction of sp³-hybridized carbons (Fsp3) is 0.533. The number of anilines is 1. The number of amides is 2. The standard InChI is InChI=1S/C15H24N2O3S/c1-3-4-6-13-7-9-14(10-8-13)17-15(18)16-11-5-12-20-21(2)19/h7-10H,3-6,11-12H2,1-2H3,(H2,16,17,18). The highest BCUT2D eigenvalue weighted by Crippen LogP contribution is 2.11. The lowest BCUT2D eigenvalue weighted by Gasteiger charge is -2.08. The minimum atomic E-state index is -1.24. The quantitative estimate of drug-likeness (QED) is 0.689. The molecule has 1 aromatic rings. The molecule has 2 N–H and O–H groups in total. The van der Waals surface area contributed by atoms with Gasteiger partial charge in [0.2, 0.25) is 0 Å². The first kappa shape index (κ1) is 17.7. The maximum Gasteiger partial charge on any atom is 0.319 e. The molecule has 0 bridgehead atoms. The van der Waals surface area contributed by atoms with Crippen LogP contribution in [0.4, 0.5) is 10.5 Å². The highest BCUT2D eigenvalue weighted by Gasteiger charge is 2.01. The van der Waals surface area contributed by atoms with Gasteiger partial charge in [0.15, 0.2) is 11.1 Å². The minimum Gasteiger partial charge on any atom is -0.338 e. The molecule has 6 heteroatoms.